The molecule has 1 unspecified atom stereocenters. The number of hydrogen-bond donors (Lipinski definition) is 0. The molecule has 0 aromatic carbocycles. The first kappa shape index (κ1) is 18.1. The van der Waals surface area contributed by atoms with Crippen molar-refractivity contribution < 1.29 is 0 Å². The normalized spacial score (nSPS) is 27.1. The number of allylic oxidation sites excluding steroid dienone is 3. The summed E-state index contributed by atoms with van der Waals surface area (Å²) in [5.41, 5.74) is 3.40. The molecule has 0 N–H and O–H groups in total. The molecule has 0 saturated carbocycles. The molecule has 0 spiro atoms. The summed E-state index contributed by atoms with van der Waals surface area (Å²) >= 11 is 0. The van der Waals surface area contributed by atoms with Gasteiger partial charge >= 0.3 is 6.98 Å². The SMILES string of the molecule is CCCCCCN1B(C)N(C)C2N(B1C)C1=C(C=CCC1)C2(C)C. The zero-order chi connectivity index (χ0) is 17.5. The Morgan fingerprint density at radius 1 is 1.17 bits per heavy atom. The third-order valence-corrected chi connectivity index (χ3v) is 6.67. The van der Waals surface area contributed by atoms with Crippen LogP contribution in [-0.2, 0) is 0 Å². The van der Waals surface area contributed by atoms with Crippen LogP contribution >= 0.6 is 0 Å². The molecule has 2 aliphatic heterocycles. The van der Waals surface area contributed by atoms with Crippen molar-refractivity contribution in [2.45, 2.75) is 79.1 Å². The molecule has 3 rings (SSSR count). The Hall–Kier alpha value is -0.670. The number of fused-ring (bicyclic) bond motifs is 2. The molecule has 2 heterocycles. The van der Waals surface area contributed by atoms with Crippen molar-refractivity contribution >= 4 is 14.0 Å². The summed E-state index contributed by atoms with van der Waals surface area (Å²) in [7, 11) is 2.33. The molecule has 0 aromatic rings. The van der Waals surface area contributed by atoms with Crippen LogP contribution in [0.5, 0.6) is 0 Å². The first-order valence-corrected chi connectivity index (χ1v) is 10.1. The van der Waals surface area contributed by atoms with E-state index in [4.69, 9.17) is 0 Å². The van der Waals surface area contributed by atoms with Gasteiger partial charge in [-0.2, -0.15) is 0 Å². The minimum absolute atomic E-state index is 0.206. The summed E-state index contributed by atoms with van der Waals surface area (Å²) < 4.78 is 2.72. The Morgan fingerprint density at radius 2 is 1.92 bits per heavy atom. The number of nitrogens with zero attached hydrogens (tertiary/aromatic N) is 3. The minimum Gasteiger partial charge on any atom is -0.390 e. The van der Waals surface area contributed by atoms with Crippen LogP contribution in [0.15, 0.2) is 23.4 Å². The standard InChI is InChI=1S/C19H35B2N3/c1-7-8-9-12-15-23-20(4)22(6)18-19(2,3)16-13-10-11-14-17(16)24(18)21(23)5/h10,13,18H,7-9,11-12,14-15H2,1-6H3. The summed E-state index contributed by atoms with van der Waals surface area (Å²) in [5.74, 6) is 0. The Morgan fingerprint density at radius 3 is 2.62 bits per heavy atom. The van der Waals surface area contributed by atoms with Crippen LogP contribution in [0.4, 0.5) is 0 Å². The smallest absolute Gasteiger partial charge is 0.330 e. The molecule has 5 heteroatoms. The first-order valence-electron chi connectivity index (χ1n) is 10.1. The van der Waals surface area contributed by atoms with E-state index in [2.05, 4.69) is 68.0 Å². The highest BCUT2D eigenvalue weighted by atomic mass is 15.4. The molecule has 1 saturated heterocycles. The molecule has 3 nitrogen and oxygen atoms in total. The Kier molecular flexibility index (Phi) is 5.22. The summed E-state index contributed by atoms with van der Waals surface area (Å²) in [6.45, 7) is 14.2. The monoisotopic (exact) mass is 327 g/mol. The molecule has 1 fully saturated rings. The Bertz CT molecular complexity index is 529. The highest BCUT2D eigenvalue weighted by Gasteiger charge is 2.56. The predicted octanol–water partition coefficient (Wildman–Crippen LogP) is 4.32. The Balaban J connectivity index is 1.85. The highest BCUT2D eigenvalue weighted by Crippen LogP contribution is 2.50. The summed E-state index contributed by atoms with van der Waals surface area (Å²) in [5, 5.41) is 0. The summed E-state index contributed by atoms with van der Waals surface area (Å²) in [6.07, 6.45) is 13.0. The van der Waals surface area contributed by atoms with Crippen molar-refractivity contribution in [3.63, 3.8) is 0 Å². The number of unbranched alkanes of at least 4 members (excludes halogenated alkanes) is 3. The zero-order valence-corrected chi connectivity index (χ0v) is 16.7. The number of rotatable bonds is 5. The largest absolute Gasteiger partial charge is 0.390 e. The van der Waals surface area contributed by atoms with E-state index in [-0.39, 0.29) is 5.41 Å². The van der Waals surface area contributed by atoms with Crippen LogP contribution in [0.2, 0.25) is 13.6 Å². The lowest BCUT2D eigenvalue weighted by Gasteiger charge is -2.55. The fourth-order valence-electron chi connectivity index (χ4n) is 5.28. The average molecular weight is 327 g/mol. The molecule has 0 radical (unpaired) electrons. The topological polar surface area (TPSA) is 9.72 Å². The highest BCUT2D eigenvalue weighted by molar-refractivity contribution is 6.70. The second-order valence-corrected chi connectivity index (χ2v) is 8.53. The van der Waals surface area contributed by atoms with E-state index in [1.165, 1.54) is 45.1 Å². The van der Waals surface area contributed by atoms with E-state index in [0.29, 0.717) is 20.1 Å². The fraction of sp³-hybridized carbons (Fsp3) is 0.789. The molecular weight excluding hydrogens is 292 g/mol. The third-order valence-electron chi connectivity index (χ3n) is 6.67. The van der Waals surface area contributed by atoms with Gasteiger partial charge in [0.05, 0.1) is 6.17 Å². The molecule has 3 aliphatic rings. The van der Waals surface area contributed by atoms with Crippen molar-refractivity contribution in [2.24, 2.45) is 5.41 Å². The lowest BCUT2D eigenvalue weighted by Crippen LogP contribution is -2.73. The van der Waals surface area contributed by atoms with Gasteiger partial charge in [0, 0.05) is 11.1 Å². The van der Waals surface area contributed by atoms with Gasteiger partial charge in [-0.3, -0.25) is 0 Å². The quantitative estimate of drug-likeness (QED) is 0.550. The van der Waals surface area contributed by atoms with Gasteiger partial charge in [0.25, 0.3) is 6.98 Å². The van der Waals surface area contributed by atoms with Gasteiger partial charge in [-0.15, -0.1) is 0 Å². The lowest BCUT2D eigenvalue weighted by molar-refractivity contribution is 0.118. The average Bonchev–Trinajstić information content (AvgIpc) is 2.80. The zero-order valence-electron chi connectivity index (χ0n) is 16.7. The maximum atomic E-state index is 2.75. The van der Waals surface area contributed by atoms with Gasteiger partial charge in [-0.1, -0.05) is 65.8 Å². The summed E-state index contributed by atoms with van der Waals surface area (Å²) in [4.78, 5) is 5.37. The van der Waals surface area contributed by atoms with Crippen LogP contribution in [-0.4, -0.2) is 48.1 Å². The first-order chi connectivity index (χ1) is 11.4. The van der Waals surface area contributed by atoms with Gasteiger partial charge in [0.15, 0.2) is 0 Å². The van der Waals surface area contributed by atoms with Crippen molar-refractivity contribution in [1.82, 2.24) is 14.3 Å². The van der Waals surface area contributed by atoms with Crippen molar-refractivity contribution in [2.75, 3.05) is 13.6 Å². The fourth-order valence-corrected chi connectivity index (χ4v) is 5.28. The maximum absolute atomic E-state index is 2.75. The van der Waals surface area contributed by atoms with E-state index >= 15 is 0 Å². The molecule has 0 aromatic heterocycles. The van der Waals surface area contributed by atoms with E-state index in [1.54, 1.807) is 11.3 Å². The van der Waals surface area contributed by atoms with Crippen LogP contribution in [0.25, 0.3) is 0 Å². The van der Waals surface area contributed by atoms with Gasteiger partial charge in [-0.05, 0) is 38.4 Å². The third kappa shape index (κ3) is 2.78. The molecule has 0 amide bonds. The van der Waals surface area contributed by atoms with Crippen LogP contribution in [0, 0.1) is 5.41 Å². The Labute approximate surface area is 150 Å². The van der Waals surface area contributed by atoms with Crippen LogP contribution in [0.3, 0.4) is 0 Å². The molecule has 1 atom stereocenters. The molecule has 132 valence electrons. The van der Waals surface area contributed by atoms with Crippen molar-refractivity contribution in [3.05, 3.63) is 23.4 Å². The van der Waals surface area contributed by atoms with Gasteiger partial charge in [0.1, 0.15) is 0 Å². The predicted molar refractivity (Wildman–Crippen MR) is 107 cm³/mol. The van der Waals surface area contributed by atoms with Crippen LogP contribution < -0.4 is 0 Å². The second-order valence-electron chi connectivity index (χ2n) is 8.53. The number of hydrogen-bond acceptors (Lipinski definition) is 3. The van der Waals surface area contributed by atoms with Gasteiger partial charge in [0.2, 0.25) is 0 Å². The van der Waals surface area contributed by atoms with Crippen molar-refractivity contribution in [3.8, 4) is 0 Å². The van der Waals surface area contributed by atoms with E-state index in [1.807, 2.05) is 0 Å². The van der Waals surface area contributed by atoms with E-state index in [9.17, 15) is 0 Å². The molecule has 24 heavy (non-hydrogen) atoms. The van der Waals surface area contributed by atoms with Crippen molar-refractivity contribution in [1.29, 1.82) is 0 Å². The van der Waals surface area contributed by atoms with Gasteiger partial charge < -0.3 is 14.3 Å². The van der Waals surface area contributed by atoms with E-state index in [0.717, 1.165) is 0 Å². The molecular formula is C19H35B2N3. The summed E-state index contributed by atoms with van der Waals surface area (Å²) in [6, 6.07) is 0. The minimum atomic E-state index is 0.206. The molecule has 0 bridgehead atoms. The molecule has 1 aliphatic carbocycles. The van der Waals surface area contributed by atoms with E-state index < -0.39 is 0 Å². The lowest BCUT2D eigenvalue weighted by atomic mass is 9.55. The second kappa shape index (κ2) is 6.91. The van der Waals surface area contributed by atoms with Gasteiger partial charge in [-0.25, -0.2) is 0 Å². The maximum Gasteiger partial charge on any atom is 0.330 e. The van der Waals surface area contributed by atoms with Crippen LogP contribution in [0.1, 0.15) is 59.3 Å².